The van der Waals surface area contributed by atoms with Crippen LogP contribution in [0, 0.1) is 11.8 Å². The number of imidazole rings is 1. The highest BCUT2D eigenvalue weighted by Crippen LogP contribution is 2.26. The van der Waals surface area contributed by atoms with Crippen LogP contribution >= 0.6 is 0 Å². The van der Waals surface area contributed by atoms with Gasteiger partial charge in [0.1, 0.15) is 0 Å². The maximum atomic E-state index is 11.9. The smallest absolute Gasteiger partial charge is 0.219 e. The molecule has 0 unspecified atom stereocenters. The topological polar surface area (TPSA) is 71.0 Å². The molecular weight excluding hydrogens is 290 g/mol. The normalized spacial score (nSPS) is 26.9. The standard InChI is InChI=1S/C17H29N5O/c23-17(20-5-2-7-22-8-6-18-13-22)4-1-3-16-15-9-14(11-21-16)10-19-12-15/h6,8,13-16,19,21H,1-5,7,9-12H2,(H,20,23)/t14-,15+,16-/m0/s1. The Balaban J connectivity index is 1.24. The van der Waals surface area contributed by atoms with Crippen molar-refractivity contribution in [3.05, 3.63) is 18.7 Å². The Morgan fingerprint density at radius 1 is 1.30 bits per heavy atom. The lowest BCUT2D eigenvalue weighted by Gasteiger charge is -2.41. The molecule has 23 heavy (non-hydrogen) atoms. The lowest BCUT2D eigenvalue weighted by Crippen LogP contribution is -2.54. The van der Waals surface area contributed by atoms with Crippen LogP contribution < -0.4 is 16.0 Å². The Morgan fingerprint density at radius 3 is 3.13 bits per heavy atom. The van der Waals surface area contributed by atoms with Gasteiger partial charge in [0.25, 0.3) is 0 Å². The number of amides is 1. The number of carbonyl (C=O) groups excluding carboxylic acids is 1. The van der Waals surface area contributed by atoms with Gasteiger partial charge in [-0.1, -0.05) is 0 Å². The SMILES string of the molecule is O=C(CCC[C@@H]1NC[C@@H]2CNC[C@H]1C2)NCCCn1ccnc1. The highest BCUT2D eigenvalue weighted by molar-refractivity contribution is 5.75. The van der Waals surface area contributed by atoms with Crippen LogP contribution in [-0.4, -0.2) is 47.7 Å². The molecule has 2 aliphatic rings. The van der Waals surface area contributed by atoms with Gasteiger partial charge in [0, 0.05) is 37.9 Å². The highest BCUT2D eigenvalue weighted by Gasteiger charge is 2.32. The third-order valence-corrected chi connectivity index (χ3v) is 5.11. The molecule has 0 radical (unpaired) electrons. The van der Waals surface area contributed by atoms with Gasteiger partial charge < -0.3 is 20.5 Å². The van der Waals surface area contributed by atoms with Crippen molar-refractivity contribution >= 4 is 5.91 Å². The molecule has 1 aromatic heterocycles. The Hall–Kier alpha value is -1.40. The molecule has 0 saturated carbocycles. The molecule has 3 N–H and O–H groups in total. The number of rotatable bonds is 8. The molecular formula is C17H29N5O. The first-order valence-corrected chi connectivity index (χ1v) is 8.98. The summed E-state index contributed by atoms with van der Waals surface area (Å²) in [5.74, 6) is 1.75. The van der Waals surface area contributed by atoms with Crippen LogP contribution in [0.1, 0.15) is 32.1 Å². The number of aryl methyl sites for hydroxylation is 1. The van der Waals surface area contributed by atoms with E-state index >= 15 is 0 Å². The highest BCUT2D eigenvalue weighted by atomic mass is 16.1. The first kappa shape index (κ1) is 16.5. The molecule has 1 aromatic rings. The van der Waals surface area contributed by atoms with Gasteiger partial charge in [-0.15, -0.1) is 0 Å². The van der Waals surface area contributed by atoms with Crippen LogP contribution in [0.15, 0.2) is 18.7 Å². The maximum Gasteiger partial charge on any atom is 0.219 e. The molecule has 3 rings (SSSR count). The monoisotopic (exact) mass is 319 g/mol. The zero-order valence-corrected chi connectivity index (χ0v) is 13.8. The van der Waals surface area contributed by atoms with E-state index in [1.54, 1.807) is 6.20 Å². The zero-order chi connectivity index (χ0) is 15.9. The van der Waals surface area contributed by atoms with Crippen molar-refractivity contribution in [2.75, 3.05) is 26.2 Å². The van der Waals surface area contributed by atoms with Gasteiger partial charge in [-0.3, -0.25) is 4.79 Å². The fraction of sp³-hybridized carbons (Fsp3) is 0.765. The number of hydrogen-bond acceptors (Lipinski definition) is 4. The van der Waals surface area contributed by atoms with Gasteiger partial charge in [-0.2, -0.15) is 0 Å². The van der Waals surface area contributed by atoms with Gasteiger partial charge in [0.2, 0.25) is 5.91 Å². The molecule has 2 bridgehead atoms. The minimum atomic E-state index is 0.186. The molecule has 6 nitrogen and oxygen atoms in total. The first-order valence-electron chi connectivity index (χ1n) is 8.98. The van der Waals surface area contributed by atoms with Gasteiger partial charge in [0.05, 0.1) is 6.33 Å². The second kappa shape index (κ2) is 8.45. The lowest BCUT2D eigenvalue weighted by atomic mass is 9.80. The van der Waals surface area contributed by atoms with Crippen molar-refractivity contribution in [2.24, 2.45) is 11.8 Å². The van der Waals surface area contributed by atoms with Crippen molar-refractivity contribution in [1.82, 2.24) is 25.5 Å². The van der Waals surface area contributed by atoms with Crippen LogP contribution in [0.3, 0.4) is 0 Å². The second-order valence-electron chi connectivity index (χ2n) is 6.93. The molecule has 6 heteroatoms. The second-order valence-corrected chi connectivity index (χ2v) is 6.93. The van der Waals surface area contributed by atoms with Crippen molar-refractivity contribution in [3.63, 3.8) is 0 Å². The Bertz CT molecular complexity index is 475. The number of nitrogens with one attached hydrogen (secondary N) is 3. The van der Waals surface area contributed by atoms with Crippen molar-refractivity contribution < 1.29 is 4.79 Å². The minimum absolute atomic E-state index is 0.186. The van der Waals surface area contributed by atoms with E-state index < -0.39 is 0 Å². The summed E-state index contributed by atoms with van der Waals surface area (Å²) >= 11 is 0. The molecule has 1 amide bonds. The van der Waals surface area contributed by atoms with Gasteiger partial charge in [-0.25, -0.2) is 4.98 Å². The summed E-state index contributed by atoms with van der Waals surface area (Å²) in [4.78, 5) is 15.9. The van der Waals surface area contributed by atoms with Crippen LogP contribution in [0.2, 0.25) is 0 Å². The minimum Gasteiger partial charge on any atom is -0.356 e. The van der Waals surface area contributed by atoms with E-state index in [4.69, 9.17) is 0 Å². The summed E-state index contributed by atoms with van der Waals surface area (Å²) in [5.41, 5.74) is 0. The molecule has 2 saturated heterocycles. The molecule has 128 valence electrons. The fourth-order valence-electron chi connectivity index (χ4n) is 3.83. The summed E-state index contributed by atoms with van der Waals surface area (Å²) < 4.78 is 2.03. The van der Waals surface area contributed by atoms with E-state index in [1.807, 2.05) is 17.1 Å². The zero-order valence-electron chi connectivity index (χ0n) is 13.8. The summed E-state index contributed by atoms with van der Waals surface area (Å²) in [6.07, 6.45) is 10.6. The third-order valence-electron chi connectivity index (χ3n) is 5.11. The van der Waals surface area contributed by atoms with Crippen molar-refractivity contribution in [2.45, 2.75) is 44.7 Å². The van der Waals surface area contributed by atoms with E-state index in [0.29, 0.717) is 12.5 Å². The number of piperidine rings is 2. The summed E-state index contributed by atoms with van der Waals surface area (Å²) in [7, 11) is 0. The number of hydrogen-bond donors (Lipinski definition) is 3. The lowest BCUT2D eigenvalue weighted by molar-refractivity contribution is -0.121. The average molecular weight is 319 g/mol. The molecule has 2 fully saturated rings. The van der Waals surface area contributed by atoms with Crippen molar-refractivity contribution in [3.8, 4) is 0 Å². The summed E-state index contributed by atoms with van der Waals surface area (Å²) in [5, 5.41) is 10.2. The van der Waals surface area contributed by atoms with Crippen LogP contribution in [0.5, 0.6) is 0 Å². The predicted molar refractivity (Wildman–Crippen MR) is 90.0 cm³/mol. The molecule has 0 spiro atoms. The molecule has 0 aliphatic carbocycles. The quantitative estimate of drug-likeness (QED) is 0.619. The largest absolute Gasteiger partial charge is 0.356 e. The molecule has 2 aliphatic heterocycles. The summed E-state index contributed by atoms with van der Waals surface area (Å²) in [6, 6.07) is 0.591. The van der Waals surface area contributed by atoms with Gasteiger partial charge in [0.15, 0.2) is 0 Å². The molecule has 0 aromatic carbocycles. The Labute approximate surface area is 138 Å². The predicted octanol–water partition coefficient (Wildman–Crippen LogP) is 0.757. The van der Waals surface area contributed by atoms with E-state index in [-0.39, 0.29) is 5.91 Å². The third kappa shape index (κ3) is 5.04. The number of nitrogens with zero attached hydrogens (tertiary/aromatic N) is 2. The molecule has 3 heterocycles. The molecule has 3 atom stereocenters. The Kier molecular flexibility index (Phi) is 6.05. The van der Waals surface area contributed by atoms with Crippen molar-refractivity contribution in [1.29, 1.82) is 0 Å². The van der Waals surface area contributed by atoms with E-state index in [2.05, 4.69) is 20.9 Å². The number of carbonyl (C=O) groups is 1. The van der Waals surface area contributed by atoms with Gasteiger partial charge in [-0.05, 0) is 57.2 Å². The Morgan fingerprint density at radius 2 is 2.26 bits per heavy atom. The van der Waals surface area contributed by atoms with Crippen LogP contribution in [0.4, 0.5) is 0 Å². The maximum absolute atomic E-state index is 11.9. The van der Waals surface area contributed by atoms with E-state index in [0.717, 1.165) is 63.8 Å². The number of fused-ring (bicyclic) bond motifs is 2. The van der Waals surface area contributed by atoms with E-state index in [9.17, 15) is 4.79 Å². The fourth-order valence-corrected chi connectivity index (χ4v) is 3.83. The van der Waals surface area contributed by atoms with Crippen LogP contribution in [0.25, 0.3) is 0 Å². The summed E-state index contributed by atoms with van der Waals surface area (Å²) in [6.45, 7) is 5.08. The van der Waals surface area contributed by atoms with Crippen LogP contribution in [-0.2, 0) is 11.3 Å². The first-order chi connectivity index (χ1) is 11.3. The van der Waals surface area contributed by atoms with Gasteiger partial charge >= 0.3 is 0 Å². The number of aromatic nitrogens is 2. The van der Waals surface area contributed by atoms with E-state index in [1.165, 1.54) is 6.42 Å². The average Bonchev–Trinajstić information content (AvgIpc) is 3.07.